The van der Waals surface area contributed by atoms with E-state index in [0.717, 1.165) is 31.4 Å². The summed E-state index contributed by atoms with van der Waals surface area (Å²) in [6.45, 7) is 2.70. The third kappa shape index (κ3) is 3.18. The van der Waals surface area contributed by atoms with E-state index in [1.54, 1.807) is 12.4 Å². The third-order valence-electron chi connectivity index (χ3n) is 4.34. The number of nitrogens with zero attached hydrogens (tertiary/aromatic N) is 2. The fourth-order valence-electron chi connectivity index (χ4n) is 3.50. The van der Waals surface area contributed by atoms with E-state index in [0.29, 0.717) is 18.7 Å². The summed E-state index contributed by atoms with van der Waals surface area (Å²) in [6, 6.07) is 4.42. The molecule has 2 aliphatic heterocycles. The first-order valence-electron chi connectivity index (χ1n) is 7.73. The van der Waals surface area contributed by atoms with Crippen molar-refractivity contribution in [3.63, 3.8) is 0 Å². The van der Waals surface area contributed by atoms with E-state index in [1.165, 1.54) is 0 Å². The van der Waals surface area contributed by atoms with E-state index in [-0.39, 0.29) is 18.6 Å². The van der Waals surface area contributed by atoms with Gasteiger partial charge in [0.05, 0.1) is 6.20 Å². The van der Waals surface area contributed by atoms with E-state index >= 15 is 0 Å². The molecule has 1 aromatic rings. The lowest BCUT2D eigenvalue weighted by Crippen LogP contribution is -2.50. The van der Waals surface area contributed by atoms with Crippen molar-refractivity contribution in [2.75, 3.05) is 13.2 Å². The zero-order valence-electron chi connectivity index (χ0n) is 12.4. The van der Waals surface area contributed by atoms with Crippen molar-refractivity contribution in [2.24, 2.45) is 0 Å². The van der Waals surface area contributed by atoms with Gasteiger partial charge in [0.25, 0.3) is 0 Å². The summed E-state index contributed by atoms with van der Waals surface area (Å²) in [5.41, 5.74) is 0. The van der Waals surface area contributed by atoms with Gasteiger partial charge in [0.2, 0.25) is 5.91 Å². The fourth-order valence-corrected chi connectivity index (χ4v) is 3.50. The van der Waals surface area contributed by atoms with Crippen LogP contribution in [0.15, 0.2) is 24.5 Å². The number of amides is 1. The summed E-state index contributed by atoms with van der Waals surface area (Å²) in [6.07, 6.45) is 7.64. The van der Waals surface area contributed by atoms with Crippen LogP contribution >= 0.6 is 0 Å². The molecule has 0 radical (unpaired) electrons. The Morgan fingerprint density at radius 3 is 2.76 bits per heavy atom. The molecule has 0 N–H and O–H groups in total. The molecule has 3 heterocycles. The number of pyridine rings is 1. The zero-order chi connectivity index (χ0) is 14.7. The minimum Gasteiger partial charge on any atom is -0.489 e. The molecule has 2 saturated heterocycles. The van der Waals surface area contributed by atoms with Crippen molar-refractivity contribution in [1.82, 2.24) is 9.88 Å². The molecule has 2 bridgehead atoms. The minimum absolute atomic E-state index is 0.129. The Hall–Kier alpha value is -1.62. The number of ether oxygens (including phenoxy) is 2. The van der Waals surface area contributed by atoms with Gasteiger partial charge in [-0.15, -0.1) is 0 Å². The summed E-state index contributed by atoms with van der Waals surface area (Å²) in [5.74, 6) is 0.945. The molecule has 2 atom stereocenters. The Morgan fingerprint density at radius 2 is 2.14 bits per heavy atom. The lowest BCUT2D eigenvalue weighted by molar-refractivity contribution is -0.141. The lowest BCUT2D eigenvalue weighted by atomic mass is 9.99. The van der Waals surface area contributed by atoms with Crippen molar-refractivity contribution < 1.29 is 14.3 Å². The molecule has 5 nitrogen and oxygen atoms in total. The maximum Gasteiger partial charge on any atom is 0.249 e. The lowest BCUT2D eigenvalue weighted by Gasteiger charge is -2.38. The average Bonchev–Trinajstić information content (AvgIpc) is 2.77. The van der Waals surface area contributed by atoms with Crippen molar-refractivity contribution in [2.45, 2.75) is 50.8 Å². The highest BCUT2D eigenvalue weighted by Crippen LogP contribution is 2.37. The fraction of sp³-hybridized carbons (Fsp3) is 0.625. The number of piperidine rings is 1. The largest absolute Gasteiger partial charge is 0.489 e. The number of carbonyl (C=O) groups excluding carboxylic acids is 1. The Kier molecular flexibility index (Phi) is 4.39. The van der Waals surface area contributed by atoms with Gasteiger partial charge >= 0.3 is 0 Å². The molecular formula is C16H22N2O3. The van der Waals surface area contributed by atoms with Crippen LogP contribution in [0.4, 0.5) is 0 Å². The smallest absolute Gasteiger partial charge is 0.249 e. The Bertz CT molecular complexity index is 466. The zero-order valence-corrected chi connectivity index (χ0v) is 12.4. The highest BCUT2D eigenvalue weighted by Gasteiger charge is 2.43. The summed E-state index contributed by atoms with van der Waals surface area (Å²) >= 11 is 0. The van der Waals surface area contributed by atoms with Gasteiger partial charge in [0.15, 0.2) is 0 Å². The number of carbonyl (C=O) groups is 1. The molecule has 2 unspecified atom stereocenters. The Labute approximate surface area is 125 Å². The molecule has 21 heavy (non-hydrogen) atoms. The monoisotopic (exact) mass is 290 g/mol. The molecule has 2 aliphatic rings. The van der Waals surface area contributed by atoms with Gasteiger partial charge in [-0.2, -0.15) is 0 Å². The molecule has 1 amide bonds. The van der Waals surface area contributed by atoms with Crippen LogP contribution in [-0.4, -0.2) is 47.2 Å². The predicted molar refractivity (Wildman–Crippen MR) is 78.0 cm³/mol. The van der Waals surface area contributed by atoms with Gasteiger partial charge < -0.3 is 14.4 Å². The first kappa shape index (κ1) is 14.3. The Morgan fingerprint density at radius 1 is 1.38 bits per heavy atom. The second-order valence-corrected chi connectivity index (χ2v) is 5.72. The van der Waals surface area contributed by atoms with E-state index in [1.807, 2.05) is 24.0 Å². The van der Waals surface area contributed by atoms with Crippen LogP contribution < -0.4 is 4.74 Å². The number of rotatable bonds is 5. The summed E-state index contributed by atoms with van der Waals surface area (Å²) in [7, 11) is 0. The molecule has 3 rings (SSSR count). The number of hydrogen-bond acceptors (Lipinski definition) is 4. The molecule has 2 fully saturated rings. The van der Waals surface area contributed by atoms with Crippen LogP contribution in [0.2, 0.25) is 0 Å². The van der Waals surface area contributed by atoms with Gasteiger partial charge in [-0.25, -0.2) is 0 Å². The number of fused-ring (bicyclic) bond motifs is 2. The van der Waals surface area contributed by atoms with Gasteiger partial charge in [0.1, 0.15) is 18.5 Å². The normalized spacial score (nSPS) is 27.7. The highest BCUT2D eigenvalue weighted by atomic mass is 16.5. The van der Waals surface area contributed by atoms with Crippen LogP contribution in [0.5, 0.6) is 5.75 Å². The van der Waals surface area contributed by atoms with Gasteiger partial charge in [-0.05, 0) is 31.9 Å². The van der Waals surface area contributed by atoms with Gasteiger partial charge in [0, 0.05) is 37.7 Å². The first-order valence-corrected chi connectivity index (χ1v) is 7.73. The number of hydrogen-bond donors (Lipinski definition) is 0. The van der Waals surface area contributed by atoms with Crippen LogP contribution in [0.3, 0.4) is 0 Å². The van der Waals surface area contributed by atoms with Crippen LogP contribution in [0.25, 0.3) is 0 Å². The second kappa shape index (κ2) is 6.43. The Balaban J connectivity index is 1.60. The first-order chi connectivity index (χ1) is 10.3. The maximum absolute atomic E-state index is 12.2. The van der Waals surface area contributed by atoms with E-state index in [2.05, 4.69) is 4.98 Å². The summed E-state index contributed by atoms with van der Waals surface area (Å²) in [5, 5.41) is 0. The second-order valence-electron chi connectivity index (χ2n) is 5.72. The SMILES string of the molecule is CCOCC(=O)N1C2CCC1CC(Oc1cccnc1)C2. The van der Waals surface area contributed by atoms with E-state index in [9.17, 15) is 4.79 Å². The standard InChI is InChI=1S/C16H22N2O3/c1-2-20-11-16(19)18-12-5-6-13(18)9-15(8-12)21-14-4-3-7-17-10-14/h3-4,7,10,12-13,15H,2,5-6,8-9,11H2,1H3. The van der Waals surface area contributed by atoms with Crippen molar-refractivity contribution in [3.05, 3.63) is 24.5 Å². The van der Waals surface area contributed by atoms with Crippen molar-refractivity contribution >= 4 is 5.91 Å². The molecule has 0 aliphatic carbocycles. The summed E-state index contributed by atoms with van der Waals surface area (Å²) < 4.78 is 11.3. The minimum atomic E-state index is 0.129. The van der Waals surface area contributed by atoms with Crippen molar-refractivity contribution in [3.8, 4) is 5.75 Å². The molecule has 5 heteroatoms. The average molecular weight is 290 g/mol. The highest BCUT2D eigenvalue weighted by molar-refractivity contribution is 5.78. The maximum atomic E-state index is 12.2. The summed E-state index contributed by atoms with van der Waals surface area (Å²) in [4.78, 5) is 18.3. The molecular weight excluding hydrogens is 268 g/mol. The van der Waals surface area contributed by atoms with Crippen LogP contribution in [0.1, 0.15) is 32.6 Å². The van der Waals surface area contributed by atoms with E-state index < -0.39 is 0 Å². The molecule has 114 valence electrons. The topological polar surface area (TPSA) is 51.7 Å². The van der Waals surface area contributed by atoms with Crippen LogP contribution in [-0.2, 0) is 9.53 Å². The predicted octanol–water partition coefficient (Wildman–Crippen LogP) is 2.02. The van der Waals surface area contributed by atoms with Gasteiger partial charge in [-0.3, -0.25) is 9.78 Å². The quantitative estimate of drug-likeness (QED) is 0.832. The molecule has 0 aromatic carbocycles. The van der Waals surface area contributed by atoms with E-state index in [4.69, 9.17) is 9.47 Å². The van der Waals surface area contributed by atoms with Crippen molar-refractivity contribution in [1.29, 1.82) is 0 Å². The number of aromatic nitrogens is 1. The molecule has 0 saturated carbocycles. The third-order valence-corrected chi connectivity index (χ3v) is 4.34. The van der Waals surface area contributed by atoms with Crippen LogP contribution in [0, 0.1) is 0 Å². The molecule has 0 spiro atoms. The molecule has 1 aromatic heterocycles. The van der Waals surface area contributed by atoms with Gasteiger partial charge in [-0.1, -0.05) is 0 Å².